The number of hydrogen-bond donors (Lipinski definition) is 0. The van der Waals surface area contributed by atoms with Crippen LogP contribution in [0.2, 0.25) is 0 Å². The fraction of sp³-hybridized carbons (Fsp3) is 1.00. The lowest BCUT2D eigenvalue weighted by Crippen LogP contribution is -2.54. The molecule has 0 fully saturated rings. The summed E-state index contributed by atoms with van der Waals surface area (Å²) in [5.74, 6) is 0. The Hall–Kier alpha value is -0.120. The minimum atomic E-state index is 0.275. The zero-order valence-electron chi connectivity index (χ0n) is 12.6. The Labute approximate surface area is 102 Å². The summed E-state index contributed by atoms with van der Waals surface area (Å²) in [5.41, 5.74) is 0. The van der Waals surface area contributed by atoms with E-state index in [-0.39, 0.29) is 6.23 Å². The van der Waals surface area contributed by atoms with Crippen LogP contribution >= 0.6 is 0 Å². The van der Waals surface area contributed by atoms with Gasteiger partial charge in [-0.25, -0.2) is 0 Å². The number of ether oxygens (including phenoxy) is 1. The first-order chi connectivity index (χ1) is 7.14. The average molecular weight is 232 g/mol. The van der Waals surface area contributed by atoms with Crippen molar-refractivity contribution in [1.82, 2.24) is 0 Å². The van der Waals surface area contributed by atoms with Gasteiger partial charge < -0.3 is 13.7 Å². The zero-order valence-corrected chi connectivity index (χ0v) is 12.6. The minimum Gasteiger partial charge on any atom is -0.329 e. The monoisotopic (exact) mass is 232 g/mol. The molecule has 0 aliphatic heterocycles. The smallest absolute Gasteiger partial charge is 0.190 e. The molecule has 3 heteroatoms. The second kappa shape index (κ2) is 5.99. The number of quaternary nitrogens is 2. The highest BCUT2D eigenvalue weighted by Gasteiger charge is 2.28. The summed E-state index contributed by atoms with van der Waals surface area (Å²) < 4.78 is 8.07. The first kappa shape index (κ1) is 15.9. The maximum Gasteiger partial charge on any atom is 0.190 e. The molecule has 16 heavy (non-hydrogen) atoms. The fourth-order valence-electron chi connectivity index (χ4n) is 2.04. The summed E-state index contributed by atoms with van der Waals surface area (Å²) in [6.45, 7) is 12.1. The van der Waals surface area contributed by atoms with Gasteiger partial charge in [-0.15, -0.1) is 0 Å². The maximum absolute atomic E-state index is 6.13. The van der Waals surface area contributed by atoms with Crippen LogP contribution in [0.4, 0.5) is 0 Å². The van der Waals surface area contributed by atoms with Gasteiger partial charge in [0, 0.05) is 6.92 Å². The number of rotatable bonds is 7. The predicted octanol–water partition coefficient (Wildman–Crippen LogP) is 1.93. The van der Waals surface area contributed by atoms with E-state index in [0.29, 0.717) is 6.10 Å². The molecule has 0 heterocycles. The summed E-state index contributed by atoms with van der Waals surface area (Å²) in [7, 11) is 8.89. The van der Waals surface area contributed by atoms with Gasteiger partial charge >= 0.3 is 0 Å². The molecule has 0 aromatic carbocycles. The highest BCUT2D eigenvalue weighted by molar-refractivity contribution is 4.49. The lowest BCUT2D eigenvalue weighted by molar-refractivity contribution is -0.952. The third-order valence-electron chi connectivity index (χ3n) is 3.56. The molecule has 0 aliphatic rings. The third-order valence-corrected chi connectivity index (χ3v) is 3.56. The van der Waals surface area contributed by atoms with E-state index in [4.69, 9.17) is 4.74 Å². The Balaban J connectivity index is 4.28. The second-order valence-corrected chi connectivity index (χ2v) is 6.13. The van der Waals surface area contributed by atoms with Gasteiger partial charge in [-0.3, -0.25) is 0 Å². The van der Waals surface area contributed by atoms with Crippen molar-refractivity contribution in [1.29, 1.82) is 0 Å². The SMILES string of the molecule is CC[N+](C)(CC)C(C)OC(C)C[N+](C)(C)C. The van der Waals surface area contributed by atoms with Gasteiger partial charge in [0.1, 0.15) is 12.6 Å². The van der Waals surface area contributed by atoms with Crippen LogP contribution in [0, 0.1) is 0 Å². The van der Waals surface area contributed by atoms with Crippen molar-refractivity contribution in [2.45, 2.75) is 40.0 Å². The summed E-state index contributed by atoms with van der Waals surface area (Å²) in [6, 6.07) is 0. The summed E-state index contributed by atoms with van der Waals surface area (Å²) in [6.07, 6.45) is 0.585. The largest absolute Gasteiger partial charge is 0.329 e. The summed E-state index contributed by atoms with van der Waals surface area (Å²) >= 11 is 0. The van der Waals surface area contributed by atoms with E-state index in [0.717, 1.165) is 28.6 Å². The van der Waals surface area contributed by atoms with Crippen LogP contribution in [0.25, 0.3) is 0 Å². The maximum atomic E-state index is 6.13. The second-order valence-electron chi connectivity index (χ2n) is 6.13. The minimum absolute atomic E-state index is 0.275. The van der Waals surface area contributed by atoms with E-state index >= 15 is 0 Å². The van der Waals surface area contributed by atoms with Gasteiger partial charge in [0.05, 0.1) is 41.3 Å². The van der Waals surface area contributed by atoms with E-state index in [1.54, 1.807) is 0 Å². The molecule has 0 saturated carbocycles. The predicted molar refractivity (Wildman–Crippen MR) is 70.2 cm³/mol. The lowest BCUT2D eigenvalue weighted by Gasteiger charge is -2.39. The van der Waals surface area contributed by atoms with Crippen LogP contribution in [0.15, 0.2) is 0 Å². The van der Waals surface area contributed by atoms with Gasteiger partial charge in [0.2, 0.25) is 0 Å². The van der Waals surface area contributed by atoms with E-state index in [2.05, 4.69) is 55.9 Å². The molecule has 2 atom stereocenters. The van der Waals surface area contributed by atoms with E-state index in [9.17, 15) is 0 Å². The average Bonchev–Trinajstić information content (AvgIpc) is 2.13. The first-order valence-corrected chi connectivity index (χ1v) is 6.44. The van der Waals surface area contributed by atoms with Crippen molar-refractivity contribution in [2.75, 3.05) is 47.8 Å². The normalized spacial score (nSPS) is 17.2. The van der Waals surface area contributed by atoms with Crippen LogP contribution in [-0.4, -0.2) is 69.1 Å². The van der Waals surface area contributed by atoms with Crippen LogP contribution in [0.5, 0.6) is 0 Å². The van der Waals surface area contributed by atoms with Gasteiger partial charge in [0.15, 0.2) is 6.23 Å². The molecule has 0 aromatic rings. The highest BCUT2D eigenvalue weighted by Crippen LogP contribution is 2.13. The summed E-state index contributed by atoms with van der Waals surface area (Å²) in [4.78, 5) is 0. The molecule has 0 aromatic heterocycles. The molecule has 3 nitrogen and oxygen atoms in total. The molecule has 0 radical (unpaired) electrons. The Morgan fingerprint density at radius 3 is 1.69 bits per heavy atom. The molecule has 0 N–H and O–H groups in total. The van der Waals surface area contributed by atoms with Crippen LogP contribution in [0.3, 0.4) is 0 Å². The molecular formula is C13H32N2O+2. The van der Waals surface area contributed by atoms with Crippen molar-refractivity contribution in [2.24, 2.45) is 0 Å². The standard InChI is InChI=1S/C13H32N2O/c1-9-15(8,10-2)13(4)16-12(3)11-14(5,6)7/h12-13H,9-11H2,1-8H3/q+2. The molecule has 0 saturated heterocycles. The molecule has 0 amide bonds. The van der Waals surface area contributed by atoms with Crippen molar-refractivity contribution < 1.29 is 13.7 Å². The van der Waals surface area contributed by atoms with Gasteiger partial charge in [-0.2, -0.15) is 0 Å². The quantitative estimate of drug-likeness (QED) is 0.481. The molecule has 2 unspecified atom stereocenters. The lowest BCUT2D eigenvalue weighted by atomic mass is 10.3. The van der Waals surface area contributed by atoms with Crippen molar-refractivity contribution in [3.8, 4) is 0 Å². The van der Waals surface area contributed by atoms with Gasteiger partial charge in [0.25, 0.3) is 0 Å². The zero-order chi connectivity index (χ0) is 13.0. The molecule has 0 spiro atoms. The first-order valence-electron chi connectivity index (χ1n) is 6.44. The number of hydrogen-bond acceptors (Lipinski definition) is 1. The molecule has 0 bridgehead atoms. The molecule has 98 valence electrons. The molecule has 0 rings (SSSR count). The van der Waals surface area contributed by atoms with Crippen LogP contribution < -0.4 is 0 Å². The highest BCUT2D eigenvalue weighted by atomic mass is 16.5. The van der Waals surface area contributed by atoms with E-state index in [1.807, 2.05) is 0 Å². The van der Waals surface area contributed by atoms with E-state index < -0.39 is 0 Å². The molecular weight excluding hydrogens is 200 g/mol. The van der Waals surface area contributed by atoms with Gasteiger partial charge in [-0.05, 0) is 20.8 Å². The van der Waals surface area contributed by atoms with Crippen LogP contribution in [0.1, 0.15) is 27.7 Å². The van der Waals surface area contributed by atoms with Crippen molar-refractivity contribution in [3.63, 3.8) is 0 Å². The number of nitrogens with zero attached hydrogens (tertiary/aromatic N) is 2. The summed E-state index contributed by atoms with van der Waals surface area (Å²) in [5, 5.41) is 0. The topological polar surface area (TPSA) is 9.23 Å². The Bertz CT molecular complexity index is 195. The Kier molecular flexibility index (Phi) is 5.94. The Morgan fingerprint density at radius 1 is 0.938 bits per heavy atom. The van der Waals surface area contributed by atoms with Crippen molar-refractivity contribution >= 4 is 0 Å². The van der Waals surface area contributed by atoms with E-state index in [1.165, 1.54) is 0 Å². The van der Waals surface area contributed by atoms with Crippen molar-refractivity contribution in [3.05, 3.63) is 0 Å². The van der Waals surface area contributed by atoms with Crippen LogP contribution in [-0.2, 0) is 4.74 Å². The number of likely N-dealkylation sites (N-methyl/N-ethyl adjacent to an activating group) is 1. The van der Waals surface area contributed by atoms with Gasteiger partial charge in [-0.1, -0.05) is 0 Å². The third kappa shape index (κ3) is 5.28. The fourth-order valence-corrected chi connectivity index (χ4v) is 2.04. The Morgan fingerprint density at radius 2 is 1.38 bits per heavy atom. The molecule has 0 aliphatic carbocycles.